The fourth-order valence-corrected chi connectivity index (χ4v) is 3.84. The summed E-state index contributed by atoms with van der Waals surface area (Å²) in [7, 11) is -0.187. The summed E-state index contributed by atoms with van der Waals surface area (Å²) in [5.74, 6) is 0.675. The van der Waals surface area contributed by atoms with Crippen molar-refractivity contribution in [1.82, 2.24) is 4.90 Å². The molecule has 0 bridgehead atoms. The molecule has 2 aromatic rings. The lowest BCUT2D eigenvalue weighted by atomic mass is 10.2. The number of halogens is 1. The molecular weight excluding hydrogens is 398 g/mol. The highest BCUT2D eigenvalue weighted by Gasteiger charge is 2.23. The van der Waals surface area contributed by atoms with Gasteiger partial charge >= 0.3 is 0 Å². The zero-order chi connectivity index (χ0) is 20.9. The van der Waals surface area contributed by atoms with Crippen LogP contribution in [0.5, 0.6) is 5.75 Å². The minimum absolute atomic E-state index is 0.376. The SMILES string of the molecule is CCN(C)C=Nc1cc(C)c(NS(=O)(=O)C(C)c2ccc(OC)cc2)cc1Cl. The summed E-state index contributed by atoms with van der Waals surface area (Å²) in [6.45, 7) is 6.29. The topological polar surface area (TPSA) is 71.0 Å². The van der Waals surface area contributed by atoms with E-state index >= 15 is 0 Å². The number of benzene rings is 2. The number of nitrogens with one attached hydrogen (secondary N) is 1. The number of ether oxygens (including phenoxy) is 1. The van der Waals surface area contributed by atoms with Gasteiger partial charge in [-0.2, -0.15) is 0 Å². The summed E-state index contributed by atoms with van der Waals surface area (Å²) in [6, 6.07) is 10.3. The minimum Gasteiger partial charge on any atom is -0.497 e. The smallest absolute Gasteiger partial charge is 0.239 e. The van der Waals surface area contributed by atoms with E-state index in [0.717, 1.165) is 12.1 Å². The zero-order valence-corrected chi connectivity index (χ0v) is 18.3. The van der Waals surface area contributed by atoms with E-state index in [-0.39, 0.29) is 0 Å². The number of nitrogens with zero attached hydrogens (tertiary/aromatic N) is 2. The van der Waals surface area contributed by atoms with Gasteiger partial charge in [-0.25, -0.2) is 13.4 Å². The molecule has 2 aromatic carbocycles. The van der Waals surface area contributed by atoms with Gasteiger partial charge in [-0.1, -0.05) is 23.7 Å². The van der Waals surface area contributed by atoms with Gasteiger partial charge < -0.3 is 9.64 Å². The molecule has 0 amide bonds. The molecule has 0 spiro atoms. The Morgan fingerprint density at radius 3 is 2.50 bits per heavy atom. The Kier molecular flexibility index (Phi) is 7.32. The average Bonchev–Trinajstić information content (AvgIpc) is 2.68. The van der Waals surface area contributed by atoms with Crippen LogP contribution < -0.4 is 9.46 Å². The van der Waals surface area contributed by atoms with E-state index in [0.29, 0.717) is 27.7 Å². The van der Waals surface area contributed by atoms with Crippen molar-refractivity contribution in [2.45, 2.75) is 26.0 Å². The summed E-state index contributed by atoms with van der Waals surface area (Å²) in [4.78, 5) is 6.27. The largest absolute Gasteiger partial charge is 0.497 e. The van der Waals surface area contributed by atoms with Crippen LogP contribution in [0.1, 0.15) is 30.2 Å². The second-order valence-electron chi connectivity index (χ2n) is 6.50. The van der Waals surface area contributed by atoms with Gasteiger partial charge in [-0.15, -0.1) is 0 Å². The second kappa shape index (κ2) is 9.30. The first-order valence-corrected chi connectivity index (χ1v) is 10.8. The summed E-state index contributed by atoms with van der Waals surface area (Å²) in [5.41, 5.74) is 2.43. The monoisotopic (exact) mass is 423 g/mol. The van der Waals surface area contributed by atoms with E-state index in [1.54, 1.807) is 56.8 Å². The van der Waals surface area contributed by atoms with E-state index in [4.69, 9.17) is 16.3 Å². The standard InChI is InChI=1S/C20H26ClN3O3S/c1-6-24(4)13-22-20-11-14(2)19(12-18(20)21)23-28(25,26)15(3)16-7-9-17(27-5)10-8-16/h7-13,15,23H,6H2,1-5H3. The Balaban J connectivity index is 2.25. The van der Waals surface area contributed by atoms with Gasteiger partial charge in [0.25, 0.3) is 0 Å². The molecule has 152 valence electrons. The van der Waals surface area contributed by atoms with E-state index in [1.807, 2.05) is 25.8 Å². The Morgan fingerprint density at radius 1 is 1.29 bits per heavy atom. The predicted octanol–water partition coefficient (Wildman–Crippen LogP) is 4.77. The van der Waals surface area contributed by atoms with Gasteiger partial charge in [-0.3, -0.25) is 4.72 Å². The maximum Gasteiger partial charge on any atom is 0.239 e. The molecule has 0 saturated heterocycles. The van der Waals surface area contributed by atoms with Gasteiger partial charge in [-0.05, 0) is 56.2 Å². The van der Waals surface area contributed by atoms with Gasteiger partial charge in [0.15, 0.2) is 0 Å². The van der Waals surface area contributed by atoms with Crippen LogP contribution in [0.15, 0.2) is 41.4 Å². The van der Waals surface area contributed by atoms with Gasteiger partial charge in [0.1, 0.15) is 11.0 Å². The summed E-state index contributed by atoms with van der Waals surface area (Å²) in [5, 5.41) is -0.367. The Labute approximate surface area is 172 Å². The van der Waals surface area contributed by atoms with Crippen LogP contribution in [0.4, 0.5) is 11.4 Å². The molecule has 0 heterocycles. The molecule has 1 N–H and O–H groups in total. The Bertz CT molecular complexity index is 944. The molecule has 0 saturated carbocycles. The van der Waals surface area contributed by atoms with Crippen molar-refractivity contribution >= 4 is 39.3 Å². The van der Waals surface area contributed by atoms with Crippen LogP contribution in [0.2, 0.25) is 5.02 Å². The fraction of sp³-hybridized carbons (Fsp3) is 0.350. The van der Waals surface area contributed by atoms with Crippen LogP contribution in [-0.2, 0) is 10.0 Å². The molecule has 1 atom stereocenters. The van der Waals surface area contributed by atoms with E-state index in [1.165, 1.54) is 0 Å². The van der Waals surface area contributed by atoms with Crippen LogP contribution in [-0.4, -0.2) is 40.4 Å². The van der Waals surface area contributed by atoms with Crippen molar-refractivity contribution in [3.63, 3.8) is 0 Å². The van der Waals surface area contributed by atoms with E-state index in [2.05, 4.69) is 9.71 Å². The van der Waals surface area contributed by atoms with Gasteiger partial charge in [0.05, 0.1) is 29.8 Å². The zero-order valence-electron chi connectivity index (χ0n) is 16.7. The van der Waals surface area contributed by atoms with Gasteiger partial charge in [0.2, 0.25) is 10.0 Å². The van der Waals surface area contributed by atoms with Crippen LogP contribution in [0, 0.1) is 6.92 Å². The second-order valence-corrected chi connectivity index (χ2v) is 8.91. The number of sulfonamides is 1. The average molecular weight is 424 g/mol. The highest BCUT2D eigenvalue weighted by atomic mass is 35.5. The molecule has 28 heavy (non-hydrogen) atoms. The first-order chi connectivity index (χ1) is 13.2. The predicted molar refractivity (Wildman–Crippen MR) is 117 cm³/mol. The third-order valence-corrected chi connectivity index (χ3v) is 6.50. The normalized spacial score (nSPS) is 12.8. The van der Waals surface area contributed by atoms with Crippen LogP contribution >= 0.6 is 11.6 Å². The van der Waals surface area contributed by atoms with E-state index in [9.17, 15) is 8.42 Å². The number of rotatable bonds is 8. The van der Waals surface area contributed by atoms with Crippen molar-refractivity contribution in [2.24, 2.45) is 4.99 Å². The molecule has 8 heteroatoms. The minimum atomic E-state index is -3.66. The Morgan fingerprint density at radius 2 is 1.93 bits per heavy atom. The molecule has 1 unspecified atom stereocenters. The number of anilines is 1. The van der Waals surface area contributed by atoms with Crippen molar-refractivity contribution in [2.75, 3.05) is 25.4 Å². The van der Waals surface area contributed by atoms with Crippen LogP contribution in [0.3, 0.4) is 0 Å². The first kappa shape index (κ1) is 22.0. The summed E-state index contributed by atoms with van der Waals surface area (Å²) in [6.07, 6.45) is 1.69. The van der Waals surface area contributed by atoms with Gasteiger partial charge in [0, 0.05) is 13.6 Å². The lowest BCUT2D eigenvalue weighted by Gasteiger charge is -2.17. The number of aliphatic imine (C=N–C) groups is 1. The molecule has 0 aliphatic carbocycles. The fourth-order valence-electron chi connectivity index (χ4n) is 2.41. The molecule has 0 fully saturated rings. The van der Waals surface area contributed by atoms with Crippen molar-refractivity contribution in [1.29, 1.82) is 0 Å². The highest BCUT2D eigenvalue weighted by Crippen LogP contribution is 2.33. The first-order valence-electron chi connectivity index (χ1n) is 8.88. The number of hydrogen-bond acceptors (Lipinski definition) is 4. The molecule has 0 aromatic heterocycles. The maximum absolute atomic E-state index is 12.8. The molecule has 0 radical (unpaired) electrons. The lowest BCUT2D eigenvalue weighted by molar-refractivity contribution is 0.414. The van der Waals surface area contributed by atoms with Crippen LogP contribution in [0.25, 0.3) is 0 Å². The maximum atomic E-state index is 12.8. The third kappa shape index (κ3) is 5.39. The highest BCUT2D eigenvalue weighted by molar-refractivity contribution is 7.92. The summed E-state index contributed by atoms with van der Waals surface area (Å²) < 4.78 is 33.4. The number of hydrogen-bond donors (Lipinski definition) is 1. The molecule has 2 rings (SSSR count). The van der Waals surface area contributed by atoms with Crippen molar-refractivity contribution < 1.29 is 13.2 Å². The molecule has 0 aliphatic rings. The lowest BCUT2D eigenvalue weighted by Crippen LogP contribution is -2.19. The molecular formula is C20H26ClN3O3S. The van der Waals surface area contributed by atoms with Crippen molar-refractivity contribution in [3.8, 4) is 5.75 Å². The molecule has 6 nitrogen and oxygen atoms in total. The van der Waals surface area contributed by atoms with Crippen molar-refractivity contribution in [3.05, 3.63) is 52.5 Å². The molecule has 0 aliphatic heterocycles. The van der Waals surface area contributed by atoms with E-state index < -0.39 is 15.3 Å². The quantitative estimate of drug-likeness (QED) is 0.490. The number of methoxy groups -OCH3 is 1. The number of aryl methyl sites for hydroxylation is 1. The Hall–Kier alpha value is -2.25. The summed E-state index contributed by atoms with van der Waals surface area (Å²) >= 11 is 6.31. The third-order valence-electron chi connectivity index (χ3n) is 4.49.